The first-order valence-electron chi connectivity index (χ1n) is 12.0. The number of hydrogen-bond donors (Lipinski definition) is 3. The fourth-order valence-corrected chi connectivity index (χ4v) is 3.59. The van der Waals surface area contributed by atoms with Gasteiger partial charge in [-0.25, -0.2) is 9.97 Å². The average molecular weight is 508 g/mol. The molecule has 4 aromatic rings. The summed E-state index contributed by atoms with van der Waals surface area (Å²) in [4.78, 5) is 40.0. The first-order chi connectivity index (χ1) is 18.4. The molecule has 0 spiro atoms. The Morgan fingerprint density at radius 2 is 1.79 bits per heavy atom. The summed E-state index contributed by atoms with van der Waals surface area (Å²) in [6, 6.07) is 18.0. The van der Waals surface area contributed by atoms with E-state index in [1.165, 1.54) is 6.08 Å². The molecule has 0 aliphatic heterocycles. The number of nitrogens with one attached hydrogen (secondary N) is 3. The first kappa shape index (κ1) is 26.2. The standard InChI is InChI=1S/C29H29N7O2/c1-20-17-24(11-12-25(20)34-29-31-15-13-26(35-29)22-8-5-14-30-19-22)33-28(38)21-7-4-9-23(18-21)32-27(37)10-6-16-36(2)3/h4-15,17-19H,16H2,1-3H3,(H,32,37)(H,33,38)(H,31,34,35)/b10-6-. The van der Waals surface area contributed by atoms with Crippen LogP contribution in [0, 0.1) is 6.92 Å². The summed E-state index contributed by atoms with van der Waals surface area (Å²) in [5.41, 5.74) is 5.01. The third kappa shape index (κ3) is 7.31. The molecule has 0 saturated carbocycles. The maximum Gasteiger partial charge on any atom is 0.255 e. The zero-order valence-corrected chi connectivity index (χ0v) is 21.5. The monoisotopic (exact) mass is 507 g/mol. The second kappa shape index (κ2) is 12.4. The molecule has 0 saturated heterocycles. The zero-order chi connectivity index (χ0) is 26.9. The van der Waals surface area contributed by atoms with Gasteiger partial charge in [0.25, 0.3) is 5.91 Å². The Morgan fingerprint density at radius 3 is 2.55 bits per heavy atom. The molecule has 0 atom stereocenters. The number of anilines is 4. The molecular weight excluding hydrogens is 478 g/mol. The normalized spacial score (nSPS) is 10.9. The Labute approximate surface area is 221 Å². The van der Waals surface area contributed by atoms with Crippen LogP contribution in [0.5, 0.6) is 0 Å². The minimum absolute atomic E-state index is 0.252. The van der Waals surface area contributed by atoms with Crippen LogP contribution in [-0.4, -0.2) is 52.3 Å². The molecule has 38 heavy (non-hydrogen) atoms. The SMILES string of the molecule is Cc1cc(NC(=O)c2cccc(NC(=O)/C=C\CN(C)C)c2)ccc1Nc1nccc(-c2cccnc2)n1. The van der Waals surface area contributed by atoms with Crippen molar-refractivity contribution in [1.29, 1.82) is 0 Å². The van der Waals surface area contributed by atoms with Crippen LogP contribution in [0.1, 0.15) is 15.9 Å². The van der Waals surface area contributed by atoms with Crippen LogP contribution in [0.15, 0.2) is 91.4 Å². The van der Waals surface area contributed by atoms with Crippen LogP contribution < -0.4 is 16.0 Å². The molecule has 0 unspecified atom stereocenters. The summed E-state index contributed by atoms with van der Waals surface area (Å²) < 4.78 is 0. The molecule has 2 amide bonds. The number of carbonyl (C=O) groups is 2. The Balaban J connectivity index is 1.40. The van der Waals surface area contributed by atoms with Gasteiger partial charge in [0, 0.05) is 59.4 Å². The molecule has 192 valence electrons. The average Bonchev–Trinajstić information content (AvgIpc) is 2.91. The van der Waals surface area contributed by atoms with Gasteiger partial charge in [-0.2, -0.15) is 0 Å². The van der Waals surface area contributed by atoms with Gasteiger partial charge in [-0.1, -0.05) is 12.1 Å². The molecule has 9 heteroatoms. The number of rotatable bonds is 9. The van der Waals surface area contributed by atoms with Crippen molar-refractivity contribution in [2.24, 2.45) is 0 Å². The van der Waals surface area contributed by atoms with Crippen molar-refractivity contribution in [2.45, 2.75) is 6.92 Å². The molecule has 0 bridgehead atoms. The van der Waals surface area contributed by atoms with Crippen LogP contribution >= 0.6 is 0 Å². The van der Waals surface area contributed by atoms with Gasteiger partial charge < -0.3 is 20.9 Å². The predicted octanol–water partition coefficient (Wildman–Crippen LogP) is 4.90. The minimum atomic E-state index is -0.281. The van der Waals surface area contributed by atoms with Gasteiger partial charge in [0.05, 0.1) is 5.69 Å². The highest BCUT2D eigenvalue weighted by molar-refractivity contribution is 6.06. The third-order valence-electron chi connectivity index (χ3n) is 5.48. The smallest absolute Gasteiger partial charge is 0.255 e. The Kier molecular flexibility index (Phi) is 8.53. The molecular formula is C29H29N7O2. The van der Waals surface area contributed by atoms with Gasteiger partial charge in [0.15, 0.2) is 0 Å². The molecule has 3 N–H and O–H groups in total. The van der Waals surface area contributed by atoms with Gasteiger partial charge in [0.2, 0.25) is 11.9 Å². The maximum atomic E-state index is 12.9. The van der Waals surface area contributed by atoms with E-state index in [2.05, 4.69) is 30.9 Å². The van der Waals surface area contributed by atoms with Crippen molar-refractivity contribution in [3.63, 3.8) is 0 Å². The molecule has 0 radical (unpaired) electrons. The fourth-order valence-electron chi connectivity index (χ4n) is 3.59. The Morgan fingerprint density at radius 1 is 0.947 bits per heavy atom. The van der Waals surface area contributed by atoms with Crippen LogP contribution in [0.2, 0.25) is 0 Å². The van der Waals surface area contributed by atoms with Crippen molar-refractivity contribution in [3.8, 4) is 11.3 Å². The third-order valence-corrected chi connectivity index (χ3v) is 5.48. The summed E-state index contributed by atoms with van der Waals surface area (Å²) in [7, 11) is 3.85. The van der Waals surface area contributed by atoms with E-state index >= 15 is 0 Å². The number of aromatic nitrogens is 3. The highest BCUT2D eigenvalue weighted by Gasteiger charge is 2.10. The van der Waals surface area contributed by atoms with Crippen LogP contribution in [0.3, 0.4) is 0 Å². The van der Waals surface area contributed by atoms with E-state index < -0.39 is 0 Å². The quantitative estimate of drug-likeness (QED) is 0.276. The van der Waals surface area contributed by atoms with Gasteiger partial charge in [-0.3, -0.25) is 14.6 Å². The number of benzene rings is 2. The second-order valence-electron chi connectivity index (χ2n) is 8.85. The molecule has 9 nitrogen and oxygen atoms in total. The largest absolute Gasteiger partial charge is 0.324 e. The van der Waals surface area contributed by atoms with E-state index in [1.54, 1.807) is 55.0 Å². The van der Waals surface area contributed by atoms with Crippen molar-refractivity contribution in [3.05, 3.63) is 103 Å². The van der Waals surface area contributed by atoms with Gasteiger partial charge in [-0.05, 0) is 81.2 Å². The lowest BCUT2D eigenvalue weighted by molar-refractivity contribution is -0.111. The maximum absolute atomic E-state index is 12.9. The van der Waals surface area contributed by atoms with Crippen molar-refractivity contribution < 1.29 is 9.59 Å². The van der Waals surface area contributed by atoms with Gasteiger partial charge in [-0.15, -0.1) is 0 Å². The zero-order valence-electron chi connectivity index (χ0n) is 21.5. The van der Waals surface area contributed by atoms with Crippen molar-refractivity contribution >= 4 is 34.8 Å². The van der Waals surface area contributed by atoms with Gasteiger partial charge >= 0.3 is 0 Å². The lowest BCUT2D eigenvalue weighted by Gasteiger charge is -2.12. The van der Waals surface area contributed by atoms with E-state index in [-0.39, 0.29) is 11.8 Å². The van der Waals surface area contributed by atoms with Crippen LogP contribution in [-0.2, 0) is 4.79 Å². The summed E-state index contributed by atoms with van der Waals surface area (Å²) in [5, 5.41) is 8.93. The minimum Gasteiger partial charge on any atom is -0.324 e. The van der Waals surface area contributed by atoms with Gasteiger partial charge in [0.1, 0.15) is 0 Å². The Hall–Kier alpha value is -4.89. The lowest BCUT2D eigenvalue weighted by atomic mass is 10.1. The van der Waals surface area contributed by atoms with E-state index in [9.17, 15) is 9.59 Å². The molecule has 0 fully saturated rings. The number of aryl methyl sites for hydroxylation is 1. The van der Waals surface area contributed by atoms with E-state index in [0.29, 0.717) is 29.4 Å². The molecule has 2 aromatic carbocycles. The summed E-state index contributed by atoms with van der Waals surface area (Å²) in [6.45, 7) is 2.59. The predicted molar refractivity (Wildman–Crippen MR) is 150 cm³/mol. The number of pyridine rings is 1. The summed E-state index contributed by atoms with van der Waals surface area (Å²) in [5.74, 6) is -0.0726. The van der Waals surface area contributed by atoms with Crippen molar-refractivity contribution in [1.82, 2.24) is 19.9 Å². The number of carbonyl (C=O) groups excluding carboxylic acids is 2. The highest BCUT2D eigenvalue weighted by Crippen LogP contribution is 2.24. The van der Waals surface area contributed by atoms with Crippen molar-refractivity contribution in [2.75, 3.05) is 36.6 Å². The topological polar surface area (TPSA) is 112 Å². The van der Waals surface area contributed by atoms with E-state index in [0.717, 1.165) is 22.5 Å². The second-order valence-corrected chi connectivity index (χ2v) is 8.85. The summed E-state index contributed by atoms with van der Waals surface area (Å²) >= 11 is 0. The number of likely N-dealkylation sites (N-methyl/N-ethyl adjacent to an activating group) is 1. The molecule has 2 aromatic heterocycles. The van der Waals surface area contributed by atoms with Crippen LogP contribution in [0.4, 0.5) is 23.0 Å². The molecule has 0 aliphatic carbocycles. The molecule has 4 rings (SSSR count). The highest BCUT2D eigenvalue weighted by atomic mass is 16.2. The molecule has 0 aliphatic rings. The summed E-state index contributed by atoms with van der Waals surface area (Å²) in [6.07, 6.45) is 8.41. The Bertz CT molecular complexity index is 1450. The van der Waals surface area contributed by atoms with E-state index in [4.69, 9.17) is 0 Å². The lowest BCUT2D eigenvalue weighted by Crippen LogP contribution is -2.14. The fraction of sp³-hybridized carbons (Fsp3) is 0.138. The number of nitrogens with zero attached hydrogens (tertiary/aromatic N) is 4. The van der Waals surface area contributed by atoms with E-state index in [1.807, 2.05) is 56.3 Å². The molecule has 2 heterocycles. The first-order valence-corrected chi connectivity index (χ1v) is 12.0. The number of hydrogen-bond acceptors (Lipinski definition) is 7. The van der Waals surface area contributed by atoms with Crippen LogP contribution in [0.25, 0.3) is 11.3 Å². The number of amides is 2.